The molecule has 0 aromatic carbocycles. The van der Waals surface area contributed by atoms with E-state index >= 15 is 0 Å². The van der Waals surface area contributed by atoms with Crippen LogP contribution >= 0.6 is 0 Å². The van der Waals surface area contributed by atoms with Crippen LogP contribution in [0.15, 0.2) is 24.5 Å². The van der Waals surface area contributed by atoms with E-state index in [4.69, 9.17) is 0 Å². The molecule has 114 valence electrons. The molecule has 1 fully saturated rings. The van der Waals surface area contributed by atoms with E-state index in [1.807, 2.05) is 12.1 Å². The third-order valence-corrected chi connectivity index (χ3v) is 3.95. The van der Waals surface area contributed by atoms with Gasteiger partial charge < -0.3 is 10.2 Å². The molecule has 0 bridgehead atoms. The number of nitrogens with one attached hydrogen (secondary N) is 1. The second-order valence-electron chi connectivity index (χ2n) is 5.58. The Morgan fingerprint density at radius 2 is 2.10 bits per heavy atom. The largest absolute Gasteiger partial charge is 0.350 e. The molecule has 0 unspecified atom stereocenters. The maximum absolute atomic E-state index is 12.0. The molecule has 1 aliphatic carbocycles. The van der Waals surface area contributed by atoms with Gasteiger partial charge in [-0.3, -0.25) is 14.6 Å². The second kappa shape index (κ2) is 7.76. The zero-order chi connectivity index (χ0) is 15.1. The van der Waals surface area contributed by atoms with Gasteiger partial charge in [-0.2, -0.15) is 0 Å². The Balaban J connectivity index is 1.84. The van der Waals surface area contributed by atoms with Gasteiger partial charge in [0.2, 0.25) is 11.8 Å². The van der Waals surface area contributed by atoms with E-state index in [9.17, 15) is 9.59 Å². The summed E-state index contributed by atoms with van der Waals surface area (Å²) in [6.07, 6.45) is 8.97. The molecule has 0 aliphatic heterocycles. The van der Waals surface area contributed by atoms with Crippen molar-refractivity contribution in [1.29, 1.82) is 0 Å². The quantitative estimate of drug-likeness (QED) is 0.900. The second-order valence-corrected chi connectivity index (χ2v) is 5.58. The SMILES string of the molecule is CC(=O)N(CC(=O)NCc1cccnc1)C1CCCCC1. The molecule has 2 amide bonds. The molecule has 1 N–H and O–H groups in total. The van der Waals surface area contributed by atoms with Gasteiger partial charge in [-0.05, 0) is 24.5 Å². The fourth-order valence-electron chi connectivity index (χ4n) is 2.80. The number of aromatic nitrogens is 1. The summed E-state index contributed by atoms with van der Waals surface area (Å²) in [5.74, 6) is -0.127. The van der Waals surface area contributed by atoms with Gasteiger partial charge in [-0.1, -0.05) is 25.3 Å². The van der Waals surface area contributed by atoms with Crippen LogP contribution in [0, 0.1) is 0 Å². The molecule has 0 spiro atoms. The minimum absolute atomic E-state index is 0.0153. The molecule has 0 atom stereocenters. The number of amides is 2. The Hall–Kier alpha value is -1.91. The van der Waals surface area contributed by atoms with Crippen molar-refractivity contribution < 1.29 is 9.59 Å². The highest BCUT2D eigenvalue weighted by atomic mass is 16.2. The maximum atomic E-state index is 12.0. The number of nitrogens with zero attached hydrogens (tertiary/aromatic N) is 2. The lowest BCUT2D eigenvalue weighted by atomic mass is 9.94. The first kappa shape index (κ1) is 15.5. The zero-order valence-corrected chi connectivity index (χ0v) is 12.5. The summed E-state index contributed by atoms with van der Waals surface area (Å²) in [6, 6.07) is 3.98. The molecule has 0 saturated heterocycles. The molecule has 21 heavy (non-hydrogen) atoms. The topological polar surface area (TPSA) is 62.3 Å². The van der Waals surface area contributed by atoms with E-state index in [0.717, 1.165) is 31.2 Å². The molecule has 1 heterocycles. The van der Waals surface area contributed by atoms with E-state index in [1.54, 1.807) is 24.2 Å². The van der Waals surface area contributed by atoms with Gasteiger partial charge in [0, 0.05) is 31.9 Å². The Bertz CT molecular complexity index is 470. The lowest BCUT2D eigenvalue weighted by molar-refractivity contribution is -0.137. The first-order valence-corrected chi connectivity index (χ1v) is 7.59. The average Bonchev–Trinajstić information content (AvgIpc) is 2.52. The average molecular weight is 289 g/mol. The molecule has 1 saturated carbocycles. The van der Waals surface area contributed by atoms with Crippen molar-refractivity contribution in [2.45, 2.75) is 51.6 Å². The van der Waals surface area contributed by atoms with Crippen LogP contribution in [0.4, 0.5) is 0 Å². The highest BCUT2D eigenvalue weighted by Crippen LogP contribution is 2.22. The molecular formula is C16H23N3O2. The predicted octanol–water partition coefficient (Wildman–Crippen LogP) is 1.88. The smallest absolute Gasteiger partial charge is 0.239 e. The van der Waals surface area contributed by atoms with Crippen LogP contribution in [0.1, 0.15) is 44.6 Å². The Morgan fingerprint density at radius 1 is 1.33 bits per heavy atom. The summed E-state index contributed by atoms with van der Waals surface area (Å²) >= 11 is 0. The minimum Gasteiger partial charge on any atom is -0.350 e. The first-order valence-electron chi connectivity index (χ1n) is 7.59. The van der Waals surface area contributed by atoms with Crippen LogP contribution in [-0.2, 0) is 16.1 Å². The van der Waals surface area contributed by atoms with Crippen molar-refractivity contribution in [3.05, 3.63) is 30.1 Å². The minimum atomic E-state index is -0.111. The van der Waals surface area contributed by atoms with Crippen molar-refractivity contribution in [2.75, 3.05) is 6.54 Å². The van der Waals surface area contributed by atoms with Crippen molar-refractivity contribution in [2.24, 2.45) is 0 Å². The number of hydrogen-bond acceptors (Lipinski definition) is 3. The van der Waals surface area contributed by atoms with Crippen molar-refractivity contribution >= 4 is 11.8 Å². The third kappa shape index (κ3) is 4.85. The first-order chi connectivity index (χ1) is 10.2. The van der Waals surface area contributed by atoms with Crippen LogP contribution in [0.2, 0.25) is 0 Å². The van der Waals surface area contributed by atoms with Crippen LogP contribution < -0.4 is 5.32 Å². The van der Waals surface area contributed by atoms with Gasteiger partial charge in [-0.15, -0.1) is 0 Å². The highest BCUT2D eigenvalue weighted by molar-refractivity contribution is 5.83. The van der Waals surface area contributed by atoms with Crippen molar-refractivity contribution in [3.8, 4) is 0 Å². The summed E-state index contributed by atoms with van der Waals surface area (Å²) in [4.78, 5) is 29.6. The molecule has 0 radical (unpaired) electrons. The normalized spacial score (nSPS) is 15.5. The van der Waals surface area contributed by atoms with E-state index in [2.05, 4.69) is 10.3 Å². The summed E-state index contributed by atoms with van der Waals surface area (Å²) in [5.41, 5.74) is 0.956. The van der Waals surface area contributed by atoms with E-state index in [1.165, 1.54) is 6.42 Å². The van der Waals surface area contributed by atoms with E-state index in [-0.39, 0.29) is 24.4 Å². The van der Waals surface area contributed by atoms with Gasteiger partial charge in [0.15, 0.2) is 0 Å². The van der Waals surface area contributed by atoms with Gasteiger partial charge in [0.1, 0.15) is 0 Å². The van der Waals surface area contributed by atoms with Gasteiger partial charge in [-0.25, -0.2) is 0 Å². The summed E-state index contributed by atoms with van der Waals surface area (Å²) in [7, 11) is 0. The molecule has 1 aliphatic rings. The fraction of sp³-hybridized carbons (Fsp3) is 0.562. The number of hydrogen-bond donors (Lipinski definition) is 1. The molecule has 5 heteroatoms. The molecule has 5 nitrogen and oxygen atoms in total. The Morgan fingerprint density at radius 3 is 2.71 bits per heavy atom. The summed E-state index contributed by atoms with van der Waals surface area (Å²) < 4.78 is 0. The molecule has 1 aromatic heterocycles. The number of rotatable bonds is 5. The maximum Gasteiger partial charge on any atom is 0.239 e. The van der Waals surface area contributed by atoms with E-state index < -0.39 is 0 Å². The molecule has 1 aromatic rings. The number of pyridine rings is 1. The Labute approximate surface area is 125 Å². The van der Waals surface area contributed by atoms with Crippen molar-refractivity contribution in [3.63, 3.8) is 0 Å². The predicted molar refractivity (Wildman–Crippen MR) is 80.3 cm³/mol. The van der Waals surface area contributed by atoms with Crippen LogP contribution in [0.3, 0.4) is 0 Å². The lowest BCUT2D eigenvalue weighted by Gasteiger charge is -2.33. The van der Waals surface area contributed by atoms with Crippen LogP contribution in [-0.4, -0.2) is 34.3 Å². The molecule has 2 rings (SSSR count). The molecular weight excluding hydrogens is 266 g/mol. The van der Waals surface area contributed by atoms with Gasteiger partial charge in [0.25, 0.3) is 0 Å². The summed E-state index contributed by atoms with van der Waals surface area (Å²) in [6.45, 7) is 2.15. The monoisotopic (exact) mass is 289 g/mol. The zero-order valence-electron chi connectivity index (χ0n) is 12.5. The number of carbonyl (C=O) groups is 2. The highest BCUT2D eigenvalue weighted by Gasteiger charge is 2.24. The summed E-state index contributed by atoms with van der Waals surface area (Å²) in [5, 5.41) is 2.85. The number of carbonyl (C=O) groups excluding carboxylic acids is 2. The van der Waals surface area contributed by atoms with Crippen LogP contribution in [0.25, 0.3) is 0 Å². The van der Waals surface area contributed by atoms with Crippen LogP contribution in [0.5, 0.6) is 0 Å². The fourth-order valence-corrected chi connectivity index (χ4v) is 2.80. The van der Waals surface area contributed by atoms with E-state index in [0.29, 0.717) is 6.54 Å². The standard InChI is InChI=1S/C16H23N3O2/c1-13(20)19(15-7-3-2-4-8-15)12-16(21)18-11-14-6-5-9-17-10-14/h5-6,9-10,15H,2-4,7-8,11-12H2,1H3,(H,18,21). The third-order valence-electron chi connectivity index (χ3n) is 3.95. The Kier molecular flexibility index (Phi) is 5.72. The van der Waals surface area contributed by atoms with Crippen molar-refractivity contribution in [1.82, 2.24) is 15.2 Å². The van der Waals surface area contributed by atoms with Gasteiger partial charge >= 0.3 is 0 Å². The van der Waals surface area contributed by atoms with Gasteiger partial charge in [0.05, 0.1) is 6.54 Å². The lowest BCUT2D eigenvalue weighted by Crippen LogP contribution is -2.46.